The number of nitriles is 1. The van der Waals surface area contributed by atoms with Crippen LogP contribution in [-0.4, -0.2) is 17.3 Å². The molecular formula is C8H9N3O2. The van der Waals surface area contributed by atoms with Crippen molar-refractivity contribution in [2.75, 3.05) is 0 Å². The van der Waals surface area contributed by atoms with Crippen LogP contribution < -0.4 is 5.32 Å². The molecule has 1 unspecified atom stereocenters. The number of nitrogens with zero attached hydrogens (tertiary/aromatic N) is 2. The molecule has 0 fully saturated rings. The standard InChI is InChI=1S/C8H9N3O2/c1-5-7(3-9)6(4-10-13)2-8(12)11-5/h4,6,13H,2H2,1H3,(H,11,12)/b10-4+. The highest BCUT2D eigenvalue weighted by molar-refractivity contribution is 5.85. The molecule has 0 bridgehead atoms. The molecule has 1 amide bonds. The summed E-state index contributed by atoms with van der Waals surface area (Å²) in [4.78, 5) is 11.0. The van der Waals surface area contributed by atoms with Gasteiger partial charge in [0.2, 0.25) is 5.91 Å². The molecule has 5 nitrogen and oxygen atoms in total. The van der Waals surface area contributed by atoms with Crippen molar-refractivity contribution in [3.63, 3.8) is 0 Å². The minimum Gasteiger partial charge on any atom is -0.411 e. The first-order valence-electron chi connectivity index (χ1n) is 3.77. The lowest BCUT2D eigenvalue weighted by atomic mass is 9.93. The van der Waals surface area contributed by atoms with E-state index in [9.17, 15) is 4.79 Å². The zero-order valence-corrected chi connectivity index (χ0v) is 7.11. The third-order valence-electron chi connectivity index (χ3n) is 1.87. The molecule has 1 atom stereocenters. The van der Waals surface area contributed by atoms with Crippen molar-refractivity contribution in [1.82, 2.24) is 5.32 Å². The summed E-state index contributed by atoms with van der Waals surface area (Å²) in [7, 11) is 0. The molecule has 0 aromatic carbocycles. The number of carbonyl (C=O) groups is 1. The van der Waals surface area contributed by atoms with Gasteiger partial charge in [0.05, 0.1) is 17.9 Å². The maximum atomic E-state index is 11.0. The van der Waals surface area contributed by atoms with E-state index in [4.69, 9.17) is 10.5 Å². The number of allylic oxidation sites excluding steroid dienone is 2. The molecule has 0 radical (unpaired) electrons. The molecule has 0 aromatic rings. The van der Waals surface area contributed by atoms with Crippen LogP contribution in [0.4, 0.5) is 0 Å². The van der Waals surface area contributed by atoms with Gasteiger partial charge in [-0.3, -0.25) is 4.79 Å². The van der Waals surface area contributed by atoms with Gasteiger partial charge in [0.25, 0.3) is 0 Å². The molecule has 1 aliphatic rings. The van der Waals surface area contributed by atoms with E-state index in [1.807, 2.05) is 6.07 Å². The quantitative estimate of drug-likeness (QED) is 0.346. The van der Waals surface area contributed by atoms with Crippen molar-refractivity contribution in [3.8, 4) is 6.07 Å². The third kappa shape index (κ3) is 1.85. The Hall–Kier alpha value is -1.83. The van der Waals surface area contributed by atoms with E-state index < -0.39 is 5.92 Å². The third-order valence-corrected chi connectivity index (χ3v) is 1.87. The van der Waals surface area contributed by atoms with Crippen molar-refractivity contribution < 1.29 is 10.0 Å². The number of rotatable bonds is 1. The van der Waals surface area contributed by atoms with Gasteiger partial charge in [-0.25, -0.2) is 0 Å². The second-order valence-electron chi connectivity index (χ2n) is 2.77. The van der Waals surface area contributed by atoms with E-state index in [1.54, 1.807) is 6.92 Å². The fourth-order valence-corrected chi connectivity index (χ4v) is 1.28. The molecule has 1 heterocycles. The second kappa shape index (κ2) is 3.72. The Kier molecular flexibility index (Phi) is 2.65. The molecule has 5 heteroatoms. The highest BCUT2D eigenvalue weighted by atomic mass is 16.4. The molecule has 2 N–H and O–H groups in total. The number of hydrogen-bond donors (Lipinski definition) is 2. The Labute approximate surface area is 75.3 Å². The van der Waals surface area contributed by atoms with Crippen molar-refractivity contribution in [2.45, 2.75) is 13.3 Å². The van der Waals surface area contributed by atoms with Crippen LogP contribution in [0.15, 0.2) is 16.4 Å². The topological polar surface area (TPSA) is 85.5 Å². The highest BCUT2D eigenvalue weighted by Crippen LogP contribution is 2.20. The highest BCUT2D eigenvalue weighted by Gasteiger charge is 2.24. The lowest BCUT2D eigenvalue weighted by Crippen LogP contribution is -2.32. The van der Waals surface area contributed by atoms with E-state index in [0.717, 1.165) is 0 Å². The Morgan fingerprint density at radius 2 is 2.54 bits per heavy atom. The largest absolute Gasteiger partial charge is 0.411 e. The summed E-state index contributed by atoms with van der Waals surface area (Å²) in [6.45, 7) is 1.65. The summed E-state index contributed by atoms with van der Waals surface area (Å²) >= 11 is 0. The number of nitrogens with one attached hydrogen (secondary N) is 1. The second-order valence-corrected chi connectivity index (χ2v) is 2.77. The molecule has 1 rings (SSSR count). The molecule has 13 heavy (non-hydrogen) atoms. The van der Waals surface area contributed by atoms with Crippen LogP contribution in [-0.2, 0) is 4.79 Å². The molecule has 0 aliphatic carbocycles. The first-order chi connectivity index (χ1) is 6.19. The van der Waals surface area contributed by atoms with Crippen molar-refractivity contribution in [2.24, 2.45) is 11.1 Å². The van der Waals surface area contributed by atoms with Crippen molar-refractivity contribution in [1.29, 1.82) is 5.26 Å². The number of carbonyl (C=O) groups excluding carboxylic acids is 1. The van der Waals surface area contributed by atoms with E-state index in [2.05, 4.69) is 10.5 Å². The predicted molar refractivity (Wildman–Crippen MR) is 44.8 cm³/mol. The van der Waals surface area contributed by atoms with Gasteiger partial charge in [-0.1, -0.05) is 0 Å². The fourth-order valence-electron chi connectivity index (χ4n) is 1.28. The Bertz CT molecular complexity index is 325. The lowest BCUT2D eigenvalue weighted by molar-refractivity contribution is -0.121. The van der Waals surface area contributed by atoms with Crippen molar-refractivity contribution >= 4 is 12.1 Å². The predicted octanol–water partition coefficient (Wildman–Crippen LogP) is 0.380. The zero-order valence-electron chi connectivity index (χ0n) is 7.11. The van der Waals surface area contributed by atoms with Gasteiger partial charge in [-0.15, -0.1) is 5.16 Å². The van der Waals surface area contributed by atoms with Crippen LogP contribution in [0.5, 0.6) is 0 Å². The fraction of sp³-hybridized carbons (Fsp3) is 0.375. The first-order valence-corrected chi connectivity index (χ1v) is 3.77. The van der Waals surface area contributed by atoms with E-state index in [-0.39, 0.29) is 12.3 Å². The van der Waals surface area contributed by atoms with Gasteiger partial charge in [0, 0.05) is 18.0 Å². The average molecular weight is 179 g/mol. The maximum Gasteiger partial charge on any atom is 0.225 e. The van der Waals surface area contributed by atoms with Crippen LogP contribution in [0.3, 0.4) is 0 Å². The van der Waals surface area contributed by atoms with Crippen molar-refractivity contribution in [3.05, 3.63) is 11.3 Å². The summed E-state index contributed by atoms with van der Waals surface area (Å²) in [6.07, 6.45) is 1.35. The lowest BCUT2D eigenvalue weighted by Gasteiger charge is -2.19. The molecule has 0 saturated heterocycles. The average Bonchev–Trinajstić information content (AvgIpc) is 2.04. The van der Waals surface area contributed by atoms with E-state index in [1.165, 1.54) is 6.21 Å². The normalized spacial score (nSPS) is 23.1. The zero-order chi connectivity index (χ0) is 9.84. The molecule has 0 saturated carbocycles. The van der Waals surface area contributed by atoms with Crippen LogP contribution >= 0.6 is 0 Å². The minimum atomic E-state index is -0.399. The van der Waals surface area contributed by atoms with Gasteiger partial charge >= 0.3 is 0 Å². The summed E-state index contributed by atoms with van der Waals surface area (Å²) < 4.78 is 0. The Morgan fingerprint density at radius 1 is 1.85 bits per heavy atom. The molecular weight excluding hydrogens is 170 g/mol. The number of hydrogen-bond acceptors (Lipinski definition) is 4. The van der Waals surface area contributed by atoms with Gasteiger partial charge < -0.3 is 10.5 Å². The van der Waals surface area contributed by atoms with Crippen LogP contribution in [0, 0.1) is 17.2 Å². The first kappa shape index (κ1) is 9.26. The Morgan fingerprint density at radius 3 is 3.08 bits per heavy atom. The molecule has 68 valence electrons. The maximum absolute atomic E-state index is 11.0. The molecule has 0 spiro atoms. The summed E-state index contributed by atoms with van der Waals surface area (Å²) in [5, 5.41) is 22.4. The molecule has 1 aliphatic heterocycles. The smallest absolute Gasteiger partial charge is 0.225 e. The Balaban J connectivity index is 3.01. The summed E-state index contributed by atoms with van der Waals surface area (Å²) in [6, 6.07) is 1.97. The summed E-state index contributed by atoms with van der Waals surface area (Å²) in [5.74, 6) is -0.565. The minimum absolute atomic E-state index is 0.157. The summed E-state index contributed by atoms with van der Waals surface area (Å²) in [5.41, 5.74) is 0.973. The van der Waals surface area contributed by atoms with Gasteiger partial charge in [0.1, 0.15) is 0 Å². The van der Waals surface area contributed by atoms with Gasteiger partial charge in [0.15, 0.2) is 0 Å². The SMILES string of the molecule is CC1=C(C#N)C(/C=N/O)CC(=O)N1. The van der Waals surface area contributed by atoms with E-state index >= 15 is 0 Å². The van der Waals surface area contributed by atoms with Gasteiger partial charge in [-0.2, -0.15) is 5.26 Å². The monoisotopic (exact) mass is 179 g/mol. The number of oxime groups is 1. The van der Waals surface area contributed by atoms with Crippen LogP contribution in [0.2, 0.25) is 0 Å². The van der Waals surface area contributed by atoms with Crippen LogP contribution in [0.1, 0.15) is 13.3 Å². The number of amides is 1. The molecule has 0 aromatic heterocycles. The van der Waals surface area contributed by atoms with Gasteiger partial charge in [-0.05, 0) is 6.92 Å². The van der Waals surface area contributed by atoms with E-state index in [0.29, 0.717) is 11.3 Å². The van der Waals surface area contributed by atoms with Crippen LogP contribution in [0.25, 0.3) is 0 Å².